The Kier molecular flexibility index (Phi) is 10.5. The minimum Gasteiger partial charge on any atom is -1.00 e. The van der Waals surface area contributed by atoms with Crippen molar-refractivity contribution in [3.8, 4) is 28.0 Å². The third-order valence-electron chi connectivity index (χ3n) is 7.74. The Labute approximate surface area is 276 Å². The highest BCUT2D eigenvalue weighted by Crippen LogP contribution is 2.42. The number of nitrogens with zero attached hydrogens (tertiary/aromatic N) is 2. The summed E-state index contributed by atoms with van der Waals surface area (Å²) in [6, 6.07) is 33.5. The van der Waals surface area contributed by atoms with Gasteiger partial charge in [0.1, 0.15) is 6.61 Å². The van der Waals surface area contributed by atoms with E-state index in [0.717, 1.165) is 57.4 Å². The lowest BCUT2D eigenvalue weighted by atomic mass is 10.0. The average Bonchev–Trinajstić information content (AvgIpc) is 3.58. The van der Waals surface area contributed by atoms with Crippen molar-refractivity contribution < 1.29 is 47.2 Å². The number of hydrogen-bond donors (Lipinski definition) is 0. The summed E-state index contributed by atoms with van der Waals surface area (Å²) in [6.07, 6.45) is 5.02. The van der Waals surface area contributed by atoms with E-state index in [-0.39, 0.29) is 24.0 Å². The summed E-state index contributed by atoms with van der Waals surface area (Å²) >= 11 is 0. The molecule has 0 fully saturated rings. The Morgan fingerprint density at radius 1 is 0.795 bits per heavy atom. The number of hydrogen-bond acceptors (Lipinski definition) is 5. The van der Waals surface area contributed by atoms with Gasteiger partial charge in [-0.25, -0.2) is 0 Å². The molecule has 0 saturated heterocycles. The van der Waals surface area contributed by atoms with E-state index in [1.54, 1.807) is 14.2 Å². The quantitative estimate of drug-likeness (QED) is 0.145. The van der Waals surface area contributed by atoms with Gasteiger partial charge in [0.25, 0.3) is 5.52 Å². The maximum Gasteiger partial charge on any atom is 0.374 e. The number of anilines is 1. The number of ether oxygens (including phenoxy) is 3. The minimum absolute atomic E-state index is 0. The zero-order valence-electron chi connectivity index (χ0n) is 25.3. The van der Waals surface area contributed by atoms with E-state index in [2.05, 4.69) is 113 Å². The SMILES string of the molecule is CCC(/C=C1\Oc2ccc(-c3ccccc3)cc2N1CCOC)=C\c1oc2ccc(-c3ccccc3)cc2[n+]1CCOC.[I-]. The molecule has 0 radical (unpaired) electrons. The summed E-state index contributed by atoms with van der Waals surface area (Å²) in [6.45, 7) is 4.64. The highest BCUT2D eigenvalue weighted by atomic mass is 127. The van der Waals surface area contributed by atoms with Crippen molar-refractivity contribution >= 4 is 22.9 Å². The second-order valence-corrected chi connectivity index (χ2v) is 10.5. The molecule has 0 spiro atoms. The van der Waals surface area contributed by atoms with Crippen LogP contribution in [0.2, 0.25) is 0 Å². The summed E-state index contributed by atoms with van der Waals surface area (Å²) in [5.41, 5.74) is 8.63. The first-order valence-electron chi connectivity index (χ1n) is 14.8. The zero-order chi connectivity index (χ0) is 29.6. The molecule has 0 saturated carbocycles. The van der Waals surface area contributed by atoms with Gasteiger partial charge < -0.3 is 47.5 Å². The van der Waals surface area contributed by atoms with Crippen LogP contribution >= 0.6 is 0 Å². The first-order valence-corrected chi connectivity index (χ1v) is 14.8. The molecule has 6 rings (SSSR count). The number of halogens is 1. The van der Waals surface area contributed by atoms with Crippen LogP contribution in [0.1, 0.15) is 19.2 Å². The van der Waals surface area contributed by atoms with Crippen LogP contribution in [0.15, 0.2) is 119 Å². The van der Waals surface area contributed by atoms with E-state index >= 15 is 0 Å². The Morgan fingerprint density at radius 2 is 1.45 bits per heavy atom. The first kappa shape index (κ1) is 31.5. The van der Waals surface area contributed by atoms with E-state index in [1.165, 1.54) is 11.1 Å². The Balaban J connectivity index is 0.00000384. The lowest BCUT2D eigenvalue weighted by molar-refractivity contribution is -0.679. The molecule has 4 aromatic carbocycles. The van der Waals surface area contributed by atoms with Gasteiger partial charge in [-0.1, -0.05) is 79.7 Å². The molecule has 0 atom stereocenters. The largest absolute Gasteiger partial charge is 1.00 e. The maximum absolute atomic E-state index is 6.43. The molecule has 0 N–H and O–H groups in total. The number of benzene rings is 4. The van der Waals surface area contributed by atoms with Crippen LogP contribution in [-0.2, 0) is 16.0 Å². The molecule has 0 aliphatic carbocycles. The Hall–Kier alpha value is -3.92. The van der Waals surface area contributed by atoms with Gasteiger partial charge >= 0.3 is 5.89 Å². The molecule has 0 bridgehead atoms. The predicted octanol–water partition coefficient (Wildman–Crippen LogP) is 4.88. The van der Waals surface area contributed by atoms with E-state index < -0.39 is 0 Å². The number of allylic oxidation sites excluding steroid dienone is 2. The third-order valence-corrected chi connectivity index (χ3v) is 7.74. The average molecular weight is 701 g/mol. The van der Waals surface area contributed by atoms with Crippen LogP contribution in [-0.4, -0.2) is 34.0 Å². The Morgan fingerprint density at radius 3 is 2.11 bits per heavy atom. The molecule has 226 valence electrons. The van der Waals surface area contributed by atoms with Gasteiger partial charge in [-0.05, 0) is 52.4 Å². The van der Waals surface area contributed by atoms with E-state index in [4.69, 9.17) is 18.6 Å². The van der Waals surface area contributed by atoms with Gasteiger partial charge in [0.2, 0.25) is 11.5 Å². The summed E-state index contributed by atoms with van der Waals surface area (Å²) < 4.78 is 26.0. The van der Waals surface area contributed by atoms with Crippen molar-refractivity contribution in [3.05, 3.63) is 120 Å². The molecular weight excluding hydrogens is 663 g/mol. The molecule has 5 aromatic rings. The number of aromatic nitrogens is 1. The van der Waals surface area contributed by atoms with Crippen molar-refractivity contribution in [2.75, 3.05) is 38.9 Å². The van der Waals surface area contributed by atoms with E-state index in [9.17, 15) is 0 Å². The molecule has 1 aliphatic heterocycles. The van der Waals surface area contributed by atoms with E-state index in [1.807, 2.05) is 12.1 Å². The normalized spacial score (nSPS) is 13.7. The second-order valence-electron chi connectivity index (χ2n) is 10.5. The second kappa shape index (κ2) is 14.7. The first-order chi connectivity index (χ1) is 21.2. The lowest BCUT2D eigenvalue weighted by Crippen LogP contribution is -3.00. The molecule has 0 unspecified atom stereocenters. The zero-order valence-corrected chi connectivity index (χ0v) is 27.5. The summed E-state index contributed by atoms with van der Waals surface area (Å²) in [5, 5.41) is 0. The van der Waals surface area contributed by atoms with Gasteiger partial charge in [0.15, 0.2) is 12.3 Å². The van der Waals surface area contributed by atoms with Crippen LogP contribution in [0, 0.1) is 0 Å². The Bertz CT molecular complexity index is 1760. The number of fused-ring (bicyclic) bond motifs is 2. The number of oxazole rings is 1. The van der Waals surface area contributed by atoms with Crippen LogP contribution < -0.4 is 38.2 Å². The van der Waals surface area contributed by atoms with Crippen molar-refractivity contribution in [3.63, 3.8) is 0 Å². The highest BCUT2D eigenvalue weighted by molar-refractivity contribution is 5.79. The van der Waals surface area contributed by atoms with Crippen molar-refractivity contribution in [1.82, 2.24) is 0 Å². The topological polar surface area (TPSA) is 48.0 Å². The lowest BCUT2D eigenvalue weighted by Gasteiger charge is -2.18. The molecule has 7 heteroatoms. The van der Waals surface area contributed by atoms with Crippen LogP contribution in [0.4, 0.5) is 5.69 Å². The standard InChI is InChI=1S/C37H37N2O4.HI/c1-4-27(23-36-38(19-21-40-2)32-25-30(15-17-34(32)42-36)28-11-7-5-8-12-28)24-37-39(20-22-41-3)33-26-31(16-18-35(33)43-37)29-13-9-6-10-14-29;/h5-18,23-26H,4,19-22H2,1-3H3;1H/q+1;/p-1. The van der Waals surface area contributed by atoms with Gasteiger partial charge in [0, 0.05) is 32.9 Å². The fourth-order valence-corrected chi connectivity index (χ4v) is 5.43. The molecule has 44 heavy (non-hydrogen) atoms. The molecular formula is C37H37IN2O4. The molecule has 6 nitrogen and oxygen atoms in total. The maximum atomic E-state index is 6.43. The molecule has 1 aliphatic rings. The predicted molar refractivity (Wildman–Crippen MR) is 172 cm³/mol. The van der Waals surface area contributed by atoms with Crippen LogP contribution in [0.25, 0.3) is 39.4 Å². The summed E-state index contributed by atoms with van der Waals surface area (Å²) in [4.78, 5) is 2.19. The molecule has 1 aromatic heterocycles. The summed E-state index contributed by atoms with van der Waals surface area (Å²) in [7, 11) is 3.45. The van der Waals surface area contributed by atoms with Crippen molar-refractivity contribution in [1.29, 1.82) is 0 Å². The van der Waals surface area contributed by atoms with Crippen LogP contribution in [0.5, 0.6) is 5.75 Å². The number of methoxy groups -OCH3 is 2. The van der Waals surface area contributed by atoms with E-state index in [0.29, 0.717) is 26.3 Å². The number of rotatable bonds is 11. The van der Waals surface area contributed by atoms with Gasteiger partial charge in [0.05, 0.1) is 18.4 Å². The minimum atomic E-state index is 0. The molecule has 0 amide bonds. The highest BCUT2D eigenvalue weighted by Gasteiger charge is 2.28. The monoisotopic (exact) mass is 700 g/mol. The van der Waals surface area contributed by atoms with Crippen molar-refractivity contribution in [2.24, 2.45) is 0 Å². The smallest absolute Gasteiger partial charge is 0.374 e. The van der Waals surface area contributed by atoms with Gasteiger partial charge in [-0.2, -0.15) is 4.57 Å². The van der Waals surface area contributed by atoms with Crippen molar-refractivity contribution in [2.45, 2.75) is 19.9 Å². The molecule has 2 heterocycles. The van der Waals surface area contributed by atoms with Gasteiger partial charge in [-0.15, -0.1) is 0 Å². The summed E-state index contributed by atoms with van der Waals surface area (Å²) in [5.74, 6) is 2.39. The third kappa shape index (κ3) is 6.75. The van der Waals surface area contributed by atoms with Gasteiger partial charge in [-0.3, -0.25) is 0 Å². The van der Waals surface area contributed by atoms with Crippen LogP contribution in [0.3, 0.4) is 0 Å². The fourth-order valence-electron chi connectivity index (χ4n) is 5.43. The fraction of sp³-hybridized carbons (Fsp3) is 0.216.